The van der Waals surface area contributed by atoms with Crippen LogP contribution in [0.25, 0.3) is 0 Å². The predicted octanol–water partition coefficient (Wildman–Crippen LogP) is 3.08. The largest absolute Gasteiger partial charge is 0.325 e. The molecule has 104 valence electrons. The molecule has 0 atom stereocenters. The number of amides is 1. The van der Waals surface area contributed by atoms with Gasteiger partial charge in [-0.05, 0) is 31.0 Å². The number of carbonyl (C=O) groups excluding carboxylic acids is 1. The molecule has 0 fully saturated rings. The summed E-state index contributed by atoms with van der Waals surface area (Å²) in [4.78, 5) is 20.3. The van der Waals surface area contributed by atoms with Crippen molar-refractivity contribution in [3.8, 4) is 0 Å². The zero-order valence-corrected chi connectivity index (χ0v) is 12.4. The lowest BCUT2D eigenvalue weighted by atomic mass is 10.1. The first-order valence-electron chi connectivity index (χ1n) is 6.49. The second-order valence-corrected chi connectivity index (χ2v) is 5.27. The SMILES string of the molecule is CCc1ccccc1NC(=O)CSc1nccc(C)n1. The Labute approximate surface area is 123 Å². The van der Waals surface area contributed by atoms with Crippen molar-refractivity contribution in [2.45, 2.75) is 25.4 Å². The van der Waals surface area contributed by atoms with Crippen molar-refractivity contribution in [1.29, 1.82) is 0 Å². The van der Waals surface area contributed by atoms with E-state index >= 15 is 0 Å². The van der Waals surface area contributed by atoms with Crippen molar-refractivity contribution in [3.05, 3.63) is 47.8 Å². The molecule has 0 unspecified atom stereocenters. The molecule has 1 aromatic heterocycles. The van der Waals surface area contributed by atoms with Crippen LogP contribution in [0, 0.1) is 6.92 Å². The number of carbonyl (C=O) groups is 1. The Hall–Kier alpha value is -1.88. The van der Waals surface area contributed by atoms with E-state index < -0.39 is 0 Å². The second kappa shape index (κ2) is 7.05. The van der Waals surface area contributed by atoms with Gasteiger partial charge in [0.1, 0.15) is 0 Å². The van der Waals surface area contributed by atoms with Crippen LogP contribution in [0.2, 0.25) is 0 Å². The first-order chi connectivity index (χ1) is 9.69. The van der Waals surface area contributed by atoms with Crippen LogP contribution in [0.3, 0.4) is 0 Å². The number of hydrogen-bond acceptors (Lipinski definition) is 4. The summed E-state index contributed by atoms with van der Waals surface area (Å²) >= 11 is 1.34. The molecule has 5 heteroatoms. The minimum absolute atomic E-state index is 0.0407. The molecule has 0 aliphatic rings. The second-order valence-electron chi connectivity index (χ2n) is 4.33. The number of hydrogen-bond donors (Lipinski definition) is 1. The van der Waals surface area contributed by atoms with E-state index in [1.54, 1.807) is 6.20 Å². The van der Waals surface area contributed by atoms with Crippen LogP contribution in [0.15, 0.2) is 41.7 Å². The lowest BCUT2D eigenvalue weighted by Crippen LogP contribution is -2.15. The fourth-order valence-electron chi connectivity index (χ4n) is 1.76. The van der Waals surface area contributed by atoms with Gasteiger partial charge in [0.05, 0.1) is 5.75 Å². The van der Waals surface area contributed by atoms with Crippen molar-refractivity contribution in [3.63, 3.8) is 0 Å². The quantitative estimate of drug-likeness (QED) is 0.678. The number of thioether (sulfide) groups is 1. The topological polar surface area (TPSA) is 54.9 Å². The summed E-state index contributed by atoms with van der Waals surface area (Å²) in [6.07, 6.45) is 2.60. The number of benzene rings is 1. The maximum Gasteiger partial charge on any atom is 0.234 e. The van der Waals surface area contributed by atoms with Gasteiger partial charge in [-0.2, -0.15) is 0 Å². The Morgan fingerprint density at radius 1 is 1.30 bits per heavy atom. The minimum atomic E-state index is -0.0407. The molecular formula is C15H17N3OS. The molecule has 0 radical (unpaired) electrons. The lowest BCUT2D eigenvalue weighted by Gasteiger charge is -2.09. The third-order valence-corrected chi connectivity index (χ3v) is 3.64. The highest BCUT2D eigenvalue weighted by atomic mass is 32.2. The summed E-state index contributed by atoms with van der Waals surface area (Å²) in [5, 5.41) is 3.56. The van der Waals surface area contributed by atoms with E-state index in [9.17, 15) is 4.79 Å². The molecule has 1 N–H and O–H groups in total. The molecule has 0 aliphatic heterocycles. The molecule has 1 amide bonds. The third-order valence-electron chi connectivity index (χ3n) is 2.78. The summed E-state index contributed by atoms with van der Waals surface area (Å²) in [6.45, 7) is 3.98. The molecule has 1 aromatic carbocycles. The molecule has 0 saturated carbocycles. The van der Waals surface area contributed by atoms with E-state index in [-0.39, 0.29) is 5.91 Å². The number of rotatable bonds is 5. The molecule has 4 nitrogen and oxygen atoms in total. The number of nitrogens with zero attached hydrogens (tertiary/aromatic N) is 2. The highest BCUT2D eigenvalue weighted by Crippen LogP contribution is 2.17. The Balaban J connectivity index is 1.93. The zero-order valence-electron chi connectivity index (χ0n) is 11.6. The van der Waals surface area contributed by atoms with Gasteiger partial charge in [-0.1, -0.05) is 36.9 Å². The molecule has 0 spiro atoms. The Morgan fingerprint density at radius 2 is 2.10 bits per heavy atom. The fourth-order valence-corrected chi connectivity index (χ4v) is 2.44. The number of para-hydroxylation sites is 1. The average Bonchev–Trinajstić information content (AvgIpc) is 2.46. The normalized spacial score (nSPS) is 10.3. The van der Waals surface area contributed by atoms with Gasteiger partial charge in [-0.3, -0.25) is 4.79 Å². The average molecular weight is 287 g/mol. The monoisotopic (exact) mass is 287 g/mol. The highest BCUT2D eigenvalue weighted by molar-refractivity contribution is 7.99. The first-order valence-corrected chi connectivity index (χ1v) is 7.48. The van der Waals surface area contributed by atoms with Crippen LogP contribution in [-0.2, 0) is 11.2 Å². The van der Waals surface area contributed by atoms with Crippen LogP contribution in [0.4, 0.5) is 5.69 Å². The summed E-state index contributed by atoms with van der Waals surface area (Å²) in [7, 11) is 0. The van der Waals surface area contributed by atoms with Gasteiger partial charge in [0.15, 0.2) is 5.16 Å². The lowest BCUT2D eigenvalue weighted by molar-refractivity contribution is -0.113. The van der Waals surface area contributed by atoms with E-state index in [1.165, 1.54) is 11.8 Å². The van der Waals surface area contributed by atoms with Gasteiger partial charge < -0.3 is 5.32 Å². The summed E-state index contributed by atoms with van der Waals surface area (Å²) in [5.41, 5.74) is 2.92. The van der Waals surface area contributed by atoms with Crippen molar-refractivity contribution < 1.29 is 4.79 Å². The maximum atomic E-state index is 12.0. The Morgan fingerprint density at radius 3 is 2.85 bits per heavy atom. The van der Waals surface area contributed by atoms with E-state index in [2.05, 4.69) is 22.2 Å². The Bertz CT molecular complexity index is 601. The predicted molar refractivity (Wildman–Crippen MR) is 81.9 cm³/mol. The van der Waals surface area contributed by atoms with Crippen molar-refractivity contribution in [2.75, 3.05) is 11.1 Å². The Kier molecular flexibility index (Phi) is 5.12. The van der Waals surface area contributed by atoms with Gasteiger partial charge >= 0.3 is 0 Å². The standard InChI is InChI=1S/C15H17N3OS/c1-3-12-6-4-5-7-13(12)18-14(19)10-20-15-16-9-8-11(2)17-15/h4-9H,3,10H2,1-2H3,(H,18,19). The minimum Gasteiger partial charge on any atom is -0.325 e. The van der Waals surface area contributed by atoms with Gasteiger partial charge in [0, 0.05) is 17.6 Å². The van der Waals surface area contributed by atoms with Crippen LogP contribution in [0.5, 0.6) is 0 Å². The van der Waals surface area contributed by atoms with Crippen LogP contribution < -0.4 is 5.32 Å². The first kappa shape index (κ1) is 14.5. The molecule has 0 saturated heterocycles. The van der Waals surface area contributed by atoms with E-state index in [0.29, 0.717) is 10.9 Å². The molecular weight excluding hydrogens is 270 g/mol. The highest BCUT2D eigenvalue weighted by Gasteiger charge is 2.07. The van der Waals surface area contributed by atoms with E-state index in [0.717, 1.165) is 23.4 Å². The molecule has 20 heavy (non-hydrogen) atoms. The van der Waals surface area contributed by atoms with E-state index in [1.807, 2.05) is 37.3 Å². The molecule has 2 rings (SSSR count). The summed E-state index contributed by atoms with van der Waals surface area (Å²) < 4.78 is 0. The van der Waals surface area contributed by atoms with Crippen molar-refractivity contribution in [2.24, 2.45) is 0 Å². The van der Waals surface area contributed by atoms with Crippen molar-refractivity contribution in [1.82, 2.24) is 9.97 Å². The molecule has 2 aromatic rings. The smallest absolute Gasteiger partial charge is 0.234 e. The van der Waals surface area contributed by atoms with Crippen LogP contribution in [0.1, 0.15) is 18.2 Å². The van der Waals surface area contributed by atoms with Crippen LogP contribution >= 0.6 is 11.8 Å². The fraction of sp³-hybridized carbons (Fsp3) is 0.267. The molecule has 0 bridgehead atoms. The van der Waals surface area contributed by atoms with Gasteiger partial charge in [-0.15, -0.1) is 0 Å². The van der Waals surface area contributed by atoms with Crippen LogP contribution in [-0.4, -0.2) is 21.6 Å². The van der Waals surface area contributed by atoms with Gasteiger partial charge in [0.2, 0.25) is 5.91 Å². The third kappa shape index (κ3) is 4.06. The zero-order chi connectivity index (χ0) is 14.4. The number of anilines is 1. The van der Waals surface area contributed by atoms with Gasteiger partial charge in [-0.25, -0.2) is 9.97 Å². The molecule has 0 aliphatic carbocycles. The van der Waals surface area contributed by atoms with E-state index in [4.69, 9.17) is 0 Å². The number of aryl methyl sites for hydroxylation is 2. The summed E-state index contributed by atoms with van der Waals surface area (Å²) in [6, 6.07) is 9.67. The molecule has 1 heterocycles. The number of nitrogens with one attached hydrogen (secondary N) is 1. The maximum absolute atomic E-state index is 12.0. The number of aromatic nitrogens is 2. The summed E-state index contributed by atoms with van der Waals surface area (Å²) in [5.74, 6) is 0.266. The van der Waals surface area contributed by atoms with Gasteiger partial charge in [0.25, 0.3) is 0 Å². The van der Waals surface area contributed by atoms with Crippen molar-refractivity contribution >= 4 is 23.4 Å².